The average molecular weight is 241 g/mol. The Morgan fingerprint density at radius 2 is 2.12 bits per heavy atom. The molecule has 1 heterocycles. The lowest BCUT2D eigenvalue weighted by atomic mass is 10.1. The van der Waals surface area contributed by atoms with Gasteiger partial charge in [0.15, 0.2) is 0 Å². The molecule has 0 aromatic heterocycles. The van der Waals surface area contributed by atoms with Crippen LogP contribution in [0.15, 0.2) is 23.1 Å². The molecule has 0 radical (unpaired) electrons. The van der Waals surface area contributed by atoms with E-state index < -0.39 is 0 Å². The molecule has 0 spiro atoms. The SMILES string of the molecule is CSc1ccc(NC2CCOCC2)cc1F. The second-order valence-corrected chi connectivity index (χ2v) is 4.73. The first-order valence-corrected chi connectivity index (χ1v) is 6.70. The number of thioether (sulfide) groups is 1. The van der Waals surface area contributed by atoms with Crippen LogP contribution in [0.4, 0.5) is 10.1 Å². The van der Waals surface area contributed by atoms with Crippen molar-refractivity contribution in [1.82, 2.24) is 0 Å². The highest BCUT2D eigenvalue weighted by Gasteiger charge is 2.13. The van der Waals surface area contributed by atoms with Crippen LogP contribution in [0, 0.1) is 5.82 Å². The molecule has 1 aromatic carbocycles. The van der Waals surface area contributed by atoms with E-state index >= 15 is 0 Å². The Morgan fingerprint density at radius 3 is 2.75 bits per heavy atom. The Morgan fingerprint density at radius 1 is 1.38 bits per heavy atom. The van der Waals surface area contributed by atoms with Crippen LogP contribution < -0.4 is 5.32 Å². The number of rotatable bonds is 3. The van der Waals surface area contributed by atoms with Crippen LogP contribution in [0.3, 0.4) is 0 Å². The van der Waals surface area contributed by atoms with Crippen LogP contribution in [0.1, 0.15) is 12.8 Å². The summed E-state index contributed by atoms with van der Waals surface area (Å²) in [5, 5.41) is 3.34. The van der Waals surface area contributed by atoms with Gasteiger partial charge in [0.25, 0.3) is 0 Å². The predicted molar refractivity (Wildman–Crippen MR) is 65.6 cm³/mol. The summed E-state index contributed by atoms with van der Waals surface area (Å²) in [4.78, 5) is 0.692. The molecule has 0 aliphatic carbocycles. The molecular weight excluding hydrogens is 225 g/mol. The zero-order valence-corrected chi connectivity index (χ0v) is 10.1. The molecule has 2 nitrogen and oxygen atoms in total. The smallest absolute Gasteiger partial charge is 0.138 e. The number of anilines is 1. The van der Waals surface area contributed by atoms with Crippen molar-refractivity contribution in [3.8, 4) is 0 Å². The van der Waals surface area contributed by atoms with Crippen LogP contribution >= 0.6 is 11.8 Å². The second-order valence-electron chi connectivity index (χ2n) is 3.88. The fourth-order valence-electron chi connectivity index (χ4n) is 1.83. The van der Waals surface area contributed by atoms with Gasteiger partial charge >= 0.3 is 0 Å². The van der Waals surface area contributed by atoms with Gasteiger partial charge in [0.1, 0.15) is 5.82 Å². The number of hydrogen-bond acceptors (Lipinski definition) is 3. The third-order valence-electron chi connectivity index (χ3n) is 2.74. The van der Waals surface area contributed by atoms with E-state index in [0.717, 1.165) is 31.7 Å². The summed E-state index contributed by atoms with van der Waals surface area (Å²) < 4.78 is 18.8. The van der Waals surface area contributed by atoms with Gasteiger partial charge in [-0.3, -0.25) is 0 Å². The van der Waals surface area contributed by atoms with Crippen molar-refractivity contribution < 1.29 is 9.13 Å². The third kappa shape index (κ3) is 2.89. The van der Waals surface area contributed by atoms with Crippen molar-refractivity contribution in [2.24, 2.45) is 0 Å². The maximum absolute atomic E-state index is 13.5. The Hall–Kier alpha value is -0.740. The first-order chi connectivity index (χ1) is 7.79. The van der Waals surface area contributed by atoms with Crippen molar-refractivity contribution in [2.45, 2.75) is 23.8 Å². The fourth-order valence-corrected chi connectivity index (χ4v) is 2.29. The summed E-state index contributed by atoms with van der Waals surface area (Å²) in [7, 11) is 0. The molecule has 1 aliphatic rings. The van der Waals surface area contributed by atoms with Crippen molar-refractivity contribution >= 4 is 17.4 Å². The number of benzene rings is 1. The first-order valence-electron chi connectivity index (χ1n) is 5.47. The van der Waals surface area contributed by atoms with Crippen molar-refractivity contribution in [1.29, 1.82) is 0 Å². The number of halogens is 1. The van der Waals surface area contributed by atoms with Gasteiger partial charge in [-0.1, -0.05) is 0 Å². The van der Waals surface area contributed by atoms with E-state index in [-0.39, 0.29) is 5.82 Å². The summed E-state index contributed by atoms with van der Waals surface area (Å²) in [5.41, 5.74) is 0.863. The third-order valence-corrected chi connectivity index (χ3v) is 3.51. The summed E-state index contributed by atoms with van der Waals surface area (Å²) in [5.74, 6) is -0.149. The summed E-state index contributed by atoms with van der Waals surface area (Å²) in [6, 6.07) is 5.74. The molecule has 88 valence electrons. The Balaban J connectivity index is 2.01. The number of ether oxygens (including phenoxy) is 1. The van der Waals surface area contributed by atoms with Crippen molar-refractivity contribution in [3.63, 3.8) is 0 Å². The molecular formula is C12H16FNOS. The topological polar surface area (TPSA) is 21.3 Å². The minimum Gasteiger partial charge on any atom is -0.382 e. The van der Waals surface area contributed by atoms with E-state index in [1.165, 1.54) is 11.8 Å². The monoisotopic (exact) mass is 241 g/mol. The molecule has 16 heavy (non-hydrogen) atoms. The summed E-state index contributed by atoms with van der Waals surface area (Å²) >= 11 is 1.43. The van der Waals surface area contributed by atoms with Crippen LogP contribution in [0.25, 0.3) is 0 Å². The molecule has 1 aromatic rings. The summed E-state index contributed by atoms with van der Waals surface area (Å²) in [6.07, 6.45) is 3.86. The predicted octanol–water partition coefficient (Wildman–Crippen LogP) is 3.14. The molecule has 0 amide bonds. The van der Waals surface area contributed by atoms with Gasteiger partial charge < -0.3 is 10.1 Å². The van der Waals surface area contributed by atoms with Gasteiger partial charge in [0.2, 0.25) is 0 Å². The fraction of sp³-hybridized carbons (Fsp3) is 0.500. The van der Waals surface area contributed by atoms with Gasteiger partial charge in [0, 0.05) is 29.8 Å². The Labute approximate surface area is 99.6 Å². The van der Waals surface area contributed by atoms with Crippen LogP contribution in [-0.4, -0.2) is 25.5 Å². The molecule has 0 bridgehead atoms. The molecule has 0 unspecified atom stereocenters. The van der Waals surface area contributed by atoms with Crippen LogP contribution in [0.5, 0.6) is 0 Å². The largest absolute Gasteiger partial charge is 0.382 e. The van der Waals surface area contributed by atoms with Gasteiger partial charge in [-0.2, -0.15) is 0 Å². The van der Waals surface area contributed by atoms with Crippen molar-refractivity contribution in [2.75, 3.05) is 24.8 Å². The first kappa shape index (κ1) is 11.7. The normalized spacial score (nSPS) is 17.4. The minimum absolute atomic E-state index is 0.149. The van der Waals surface area contributed by atoms with E-state index in [4.69, 9.17) is 4.74 Å². The highest BCUT2D eigenvalue weighted by Crippen LogP contribution is 2.23. The zero-order valence-electron chi connectivity index (χ0n) is 9.33. The van der Waals surface area contributed by atoms with Crippen molar-refractivity contribution in [3.05, 3.63) is 24.0 Å². The molecule has 1 fully saturated rings. The second kappa shape index (κ2) is 5.55. The van der Waals surface area contributed by atoms with Gasteiger partial charge in [-0.05, 0) is 37.3 Å². The lowest BCUT2D eigenvalue weighted by Gasteiger charge is -2.24. The molecule has 4 heteroatoms. The Bertz CT molecular complexity index is 353. The molecule has 1 N–H and O–H groups in total. The maximum Gasteiger partial charge on any atom is 0.138 e. The zero-order chi connectivity index (χ0) is 11.4. The van der Waals surface area contributed by atoms with E-state index in [0.29, 0.717) is 10.9 Å². The van der Waals surface area contributed by atoms with Crippen LogP contribution in [0.2, 0.25) is 0 Å². The molecule has 1 saturated heterocycles. The lowest BCUT2D eigenvalue weighted by Crippen LogP contribution is -2.27. The molecule has 1 aliphatic heterocycles. The maximum atomic E-state index is 13.5. The van der Waals surface area contributed by atoms with Gasteiger partial charge in [0.05, 0.1) is 0 Å². The molecule has 0 saturated carbocycles. The van der Waals surface area contributed by atoms with Crippen LogP contribution in [-0.2, 0) is 4.74 Å². The lowest BCUT2D eigenvalue weighted by molar-refractivity contribution is 0.0904. The van der Waals surface area contributed by atoms with E-state index in [9.17, 15) is 4.39 Å². The Kier molecular flexibility index (Phi) is 4.07. The van der Waals surface area contributed by atoms with E-state index in [1.54, 1.807) is 6.07 Å². The molecule has 0 atom stereocenters. The molecule has 2 rings (SSSR count). The van der Waals surface area contributed by atoms with E-state index in [1.807, 2.05) is 18.4 Å². The highest BCUT2D eigenvalue weighted by molar-refractivity contribution is 7.98. The number of hydrogen-bond donors (Lipinski definition) is 1. The standard InChI is InChI=1S/C12H16FNOS/c1-16-12-3-2-10(8-11(12)13)14-9-4-6-15-7-5-9/h2-3,8-9,14H,4-7H2,1H3. The average Bonchev–Trinajstić information content (AvgIpc) is 2.31. The van der Waals surface area contributed by atoms with E-state index in [2.05, 4.69) is 5.32 Å². The minimum atomic E-state index is -0.149. The summed E-state index contributed by atoms with van der Waals surface area (Å²) in [6.45, 7) is 1.59. The van der Waals surface area contributed by atoms with Gasteiger partial charge in [-0.25, -0.2) is 4.39 Å². The quantitative estimate of drug-likeness (QED) is 0.821. The number of nitrogens with one attached hydrogen (secondary N) is 1. The highest BCUT2D eigenvalue weighted by atomic mass is 32.2. The van der Waals surface area contributed by atoms with Gasteiger partial charge in [-0.15, -0.1) is 11.8 Å².